The molecule has 0 saturated heterocycles. The van der Waals surface area contributed by atoms with Crippen LogP contribution in [-0.2, 0) is 9.59 Å². The van der Waals surface area contributed by atoms with E-state index in [0.29, 0.717) is 34.1 Å². The first-order valence-corrected chi connectivity index (χ1v) is 9.85. The number of carboxylic acid groups (broad SMARTS) is 1. The van der Waals surface area contributed by atoms with Crippen LogP contribution in [0.15, 0.2) is 36.1 Å². The zero-order valence-electron chi connectivity index (χ0n) is 18.3. The predicted molar refractivity (Wildman–Crippen MR) is 116 cm³/mol. The topological polar surface area (TPSA) is 130 Å². The van der Waals surface area contributed by atoms with Gasteiger partial charge in [-0.3, -0.25) is 14.4 Å². The first-order valence-electron chi connectivity index (χ1n) is 9.85. The van der Waals surface area contributed by atoms with E-state index in [1.165, 1.54) is 27.4 Å². The Labute approximate surface area is 189 Å². The zero-order valence-corrected chi connectivity index (χ0v) is 18.3. The average Bonchev–Trinajstić information content (AvgIpc) is 3.11. The van der Waals surface area contributed by atoms with Gasteiger partial charge in [-0.2, -0.15) is 0 Å². The largest absolute Gasteiger partial charge is 0.496 e. The number of Topliss-reactive ketones (excluding diaryl/α,β-unsaturated/α-hetero) is 1. The van der Waals surface area contributed by atoms with Crippen LogP contribution in [0.5, 0.6) is 28.7 Å². The number of methoxy groups -OCH3 is 3. The Morgan fingerprint density at radius 3 is 2.39 bits per heavy atom. The first kappa shape index (κ1) is 23.5. The Morgan fingerprint density at radius 2 is 1.73 bits per heavy atom. The summed E-state index contributed by atoms with van der Waals surface area (Å²) < 4.78 is 27.1. The number of rotatable bonds is 10. The van der Waals surface area contributed by atoms with Crippen molar-refractivity contribution in [1.82, 2.24) is 5.32 Å². The Kier molecular flexibility index (Phi) is 7.39. The predicted octanol–water partition coefficient (Wildman–Crippen LogP) is 2.30. The van der Waals surface area contributed by atoms with E-state index in [1.807, 2.05) is 0 Å². The molecule has 0 aliphatic carbocycles. The van der Waals surface area contributed by atoms with E-state index in [1.54, 1.807) is 30.3 Å². The molecule has 10 nitrogen and oxygen atoms in total. The molecule has 1 heterocycles. The van der Waals surface area contributed by atoms with Crippen LogP contribution in [0.2, 0.25) is 0 Å². The van der Waals surface area contributed by atoms with Gasteiger partial charge in [0.2, 0.25) is 5.78 Å². The van der Waals surface area contributed by atoms with Crippen molar-refractivity contribution in [3.8, 4) is 28.7 Å². The standard InChI is InChI=1S/C23H23NO9/c1-29-16-11-19(31-3)18(30-2)8-13(16)9-20-23(28)15-5-4-14(10-17(15)33-20)32-12-21(25)24-7-6-22(26)27/h4-5,8-11H,6-7,12H2,1-3H3,(H,24,25)(H,26,27). The van der Waals surface area contributed by atoms with Crippen molar-refractivity contribution in [2.75, 3.05) is 34.5 Å². The number of hydrogen-bond donors (Lipinski definition) is 2. The lowest BCUT2D eigenvalue weighted by molar-refractivity contribution is -0.137. The second-order valence-corrected chi connectivity index (χ2v) is 6.83. The fourth-order valence-corrected chi connectivity index (χ4v) is 3.07. The second-order valence-electron chi connectivity index (χ2n) is 6.83. The van der Waals surface area contributed by atoms with E-state index in [4.69, 9.17) is 28.8 Å². The zero-order chi connectivity index (χ0) is 24.0. The first-order chi connectivity index (χ1) is 15.9. The highest BCUT2D eigenvalue weighted by atomic mass is 16.5. The minimum Gasteiger partial charge on any atom is -0.496 e. The maximum Gasteiger partial charge on any atom is 0.305 e. The van der Waals surface area contributed by atoms with Crippen LogP contribution < -0.4 is 29.0 Å². The van der Waals surface area contributed by atoms with E-state index in [0.717, 1.165) is 0 Å². The molecule has 174 valence electrons. The number of aliphatic carboxylic acids is 1. The highest BCUT2D eigenvalue weighted by Crippen LogP contribution is 2.39. The van der Waals surface area contributed by atoms with Gasteiger partial charge in [0.25, 0.3) is 5.91 Å². The normalized spacial score (nSPS) is 13.2. The second kappa shape index (κ2) is 10.4. The summed E-state index contributed by atoms with van der Waals surface area (Å²) in [4.78, 5) is 35.0. The molecule has 0 fully saturated rings. The SMILES string of the molecule is COc1cc(OC)c(OC)cc1C=C1Oc2cc(OCC(=O)NCCC(=O)O)ccc2C1=O. The van der Waals surface area contributed by atoms with E-state index in [-0.39, 0.29) is 36.9 Å². The number of ether oxygens (including phenoxy) is 5. The summed E-state index contributed by atoms with van der Waals surface area (Å²) in [6.07, 6.45) is 1.36. The van der Waals surface area contributed by atoms with Gasteiger partial charge in [-0.1, -0.05) is 0 Å². The van der Waals surface area contributed by atoms with Gasteiger partial charge in [0.1, 0.15) is 17.2 Å². The fraction of sp³-hybridized carbons (Fsp3) is 0.261. The third-order valence-electron chi connectivity index (χ3n) is 4.69. The summed E-state index contributed by atoms with van der Waals surface area (Å²) >= 11 is 0. The highest BCUT2D eigenvalue weighted by Gasteiger charge is 2.28. The van der Waals surface area contributed by atoms with Crippen LogP contribution in [-0.4, -0.2) is 57.2 Å². The maximum absolute atomic E-state index is 12.8. The number of carboxylic acids is 1. The number of allylic oxidation sites excluding steroid dienone is 1. The third-order valence-corrected chi connectivity index (χ3v) is 4.69. The van der Waals surface area contributed by atoms with Crippen molar-refractivity contribution < 1.29 is 43.2 Å². The molecule has 0 spiro atoms. The van der Waals surface area contributed by atoms with Gasteiger partial charge in [-0.15, -0.1) is 0 Å². The number of nitrogens with one attached hydrogen (secondary N) is 1. The van der Waals surface area contributed by atoms with E-state index < -0.39 is 11.9 Å². The minimum absolute atomic E-state index is 0.00703. The number of hydrogen-bond acceptors (Lipinski definition) is 8. The van der Waals surface area contributed by atoms with Crippen molar-refractivity contribution >= 4 is 23.7 Å². The summed E-state index contributed by atoms with van der Waals surface area (Å²) in [6.45, 7) is -0.301. The molecular weight excluding hydrogens is 434 g/mol. The van der Waals surface area contributed by atoms with E-state index in [9.17, 15) is 14.4 Å². The molecule has 1 aliphatic heterocycles. The molecule has 1 amide bonds. The summed E-state index contributed by atoms with van der Waals surface area (Å²) in [5.74, 6) is 0.303. The summed E-state index contributed by atoms with van der Waals surface area (Å²) in [7, 11) is 4.51. The lowest BCUT2D eigenvalue weighted by Crippen LogP contribution is -2.30. The van der Waals surface area contributed by atoms with Gasteiger partial charge in [0.05, 0.1) is 33.3 Å². The van der Waals surface area contributed by atoms with Gasteiger partial charge in [-0.25, -0.2) is 0 Å². The molecule has 0 aromatic heterocycles. The van der Waals surface area contributed by atoms with Crippen LogP contribution in [0, 0.1) is 0 Å². The number of benzene rings is 2. The lowest BCUT2D eigenvalue weighted by atomic mass is 10.1. The van der Waals surface area contributed by atoms with Crippen LogP contribution >= 0.6 is 0 Å². The number of amides is 1. The maximum atomic E-state index is 12.8. The van der Waals surface area contributed by atoms with Crippen molar-refractivity contribution in [2.24, 2.45) is 0 Å². The van der Waals surface area contributed by atoms with Crippen molar-refractivity contribution in [3.63, 3.8) is 0 Å². The van der Waals surface area contributed by atoms with Gasteiger partial charge in [-0.05, 0) is 24.3 Å². The van der Waals surface area contributed by atoms with Crippen molar-refractivity contribution in [2.45, 2.75) is 6.42 Å². The molecular formula is C23H23NO9. The highest BCUT2D eigenvalue weighted by molar-refractivity contribution is 6.14. The van der Waals surface area contributed by atoms with Crippen molar-refractivity contribution in [1.29, 1.82) is 0 Å². The monoisotopic (exact) mass is 457 g/mol. The summed E-state index contributed by atoms with van der Waals surface area (Å²) in [5, 5.41) is 11.0. The Morgan fingerprint density at radius 1 is 1.03 bits per heavy atom. The van der Waals surface area contributed by atoms with Gasteiger partial charge in [0.15, 0.2) is 23.9 Å². The molecule has 0 atom stereocenters. The molecule has 0 unspecified atom stereocenters. The molecule has 3 rings (SSSR count). The fourth-order valence-electron chi connectivity index (χ4n) is 3.07. The number of carbonyl (C=O) groups excluding carboxylic acids is 2. The molecule has 2 aromatic rings. The van der Waals surface area contributed by atoms with Crippen LogP contribution in [0.25, 0.3) is 6.08 Å². The minimum atomic E-state index is -1.01. The molecule has 33 heavy (non-hydrogen) atoms. The smallest absolute Gasteiger partial charge is 0.305 e. The van der Waals surface area contributed by atoms with Crippen LogP contribution in [0.1, 0.15) is 22.3 Å². The summed E-state index contributed by atoms with van der Waals surface area (Å²) in [5.41, 5.74) is 0.903. The van der Waals surface area contributed by atoms with Crippen LogP contribution in [0.4, 0.5) is 0 Å². The average molecular weight is 457 g/mol. The molecule has 1 aliphatic rings. The molecule has 0 radical (unpaired) electrons. The molecule has 2 N–H and O–H groups in total. The Bertz CT molecular complexity index is 1110. The number of fused-ring (bicyclic) bond motifs is 1. The Hall–Kier alpha value is -4.21. The van der Waals surface area contributed by atoms with Gasteiger partial charge in [0, 0.05) is 24.2 Å². The molecule has 10 heteroatoms. The van der Waals surface area contributed by atoms with E-state index in [2.05, 4.69) is 5.32 Å². The number of ketones is 1. The molecule has 0 bridgehead atoms. The van der Waals surface area contributed by atoms with Crippen LogP contribution in [0.3, 0.4) is 0 Å². The van der Waals surface area contributed by atoms with Gasteiger partial charge < -0.3 is 34.1 Å². The summed E-state index contributed by atoms with van der Waals surface area (Å²) in [6, 6.07) is 7.91. The Balaban J connectivity index is 1.74. The van der Waals surface area contributed by atoms with E-state index >= 15 is 0 Å². The third kappa shape index (κ3) is 5.53. The number of carbonyl (C=O) groups is 3. The quantitative estimate of drug-likeness (QED) is 0.516. The van der Waals surface area contributed by atoms with Gasteiger partial charge >= 0.3 is 5.97 Å². The lowest BCUT2D eigenvalue weighted by Gasteiger charge is -2.12. The molecule has 2 aromatic carbocycles. The van der Waals surface area contributed by atoms with Crippen molar-refractivity contribution in [3.05, 3.63) is 47.2 Å². The molecule has 0 saturated carbocycles.